The number of carboxylic acids is 1. The molecule has 3 N–H and O–H groups in total. The number of nitrogens with one attached hydrogen (secondary N) is 2. The second-order valence-electron chi connectivity index (χ2n) is 8.09. The first kappa shape index (κ1) is 29.4. The number of hydrogen-bond donors (Lipinski definition) is 3. The predicted octanol–water partition coefficient (Wildman–Crippen LogP) is 0.984. The first-order chi connectivity index (χ1) is 19.2. The molecule has 2 aromatic rings. The van der Waals surface area contributed by atoms with Crippen LogP contribution >= 0.6 is 31.0 Å². The van der Waals surface area contributed by atoms with E-state index in [1.807, 2.05) is 22.8 Å². The smallest absolute Gasteiger partial charge is 0.434 e. The van der Waals surface area contributed by atoms with Gasteiger partial charge >= 0.3 is 13.7 Å². The molecule has 0 radical (unpaired) electrons. The Morgan fingerprint density at radius 3 is 2.70 bits per heavy atom. The van der Waals surface area contributed by atoms with Gasteiger partial charge in [-0.3, -0.25) is 28.6 Å². The number of nitrogens with zero attached hydrogens (tertiary/aromatic N) is 5. The van der Waals surface area contributed by atoms with E-state index in [9.17, 15) is 24.1 Å². The van der Waals surface area contributed by atoms with E-state index in [-0.39, 0.29) is 29.0 Å². The summed E-state index contributed by atoms with van der Waals surface area (Å²) < 4.78 is 27.9. The lowest BCUT2D eigenvalue weighted by atomic mass is 10.0. The van der Waals surface area contributed by atoms with Crippen LogP contribution in [0.15, 0.2) is 59.7 Å². The molecule has 1 fully saturated rings. The van der Waals surface area contributed by atoms with Crippen LogP contribution in [0.25, 0.3) is 0 Å². The van der Waals surface area contributed by atoms with E-state index in [0.29, 0.717) is 17.9 Å². The number of hydrogen-bond acceptors (Lipinski definition) is 12. The zero-order chi connectivity index (χ0) is 28.9. The lowest BCUT2D eigenvalue weighted by Crippen LogP contribution is -2.71. The molecule has 1 unspecified atom stereocenters. The van der Waals surface area contributed by atoms with Gasteiger partial charge in [-0.2, -0.15) is 9.36 Å². The molecule has 0 spiro atoms. The second kappa shape index (κ2) is 12.7. The average molecular weight is 611 g/mol. The van der Waals surface area contributed by atoms with Gasteiger partial charge in [-0.15, -0.1) is 11.8 Å². The van der Waals surface area contributed by atoms with E-state index in [4.69, 9.17) is 13.9 Å². The molecule has 212 valence electrons. The molecule has 0 bridgehead atoms. The highest BCUT2D eigenvalue weighted by molar-refractivity contribution is 8.00. The van der Waals surface area contributed by atoms with E-state index in [1.165, 1.54) is 37.0 Å². The van der Waals surface area contributed by atoms with Gasteiger partial charge in [-0.25, -0.2) is 13.9 Å². The minimum atomic E-state index is -3.69. The van der Waals surface area contributed by atoms with Gasteiger partial charge in [0.05, 0.1) is 0 Å². The number of oxime groups is 1. The van der Waals surface area contributed by atoms with Crippen LogP contribution in [0, 0.1) is 0 Å². The van der Waals surface area contributed by atoms with Crippen LogP contribution in [-0.2, 0) is 39.4 Å². The number of pyridine rings is 1. The van der Waals surface area contributed by atoms with Crippen molar-refractivity contribution in [2.75, 3.05) is 31.7 Å². The molecule has 15 nitrogen and oxygen atoms in total. The Kier molecular flexibility index (Phi) is 9.32. The van der Waals surface area contributed by atoms with Crippen molar-refractivity contribution in [1.82, 2.24) is 19.6 Å². The summed E-state index contributed by atoms with van der Waals surface area (Å²) in [6.45, 7) is 3.79. The number of rotatable bonds is 13. The van der Waals surface area contributed by atoms with Crippen LogP contribution in [0.3, 0.4) is 0 Å². The van der Waals surface area contributed by atoms with Crippen molar-refractivity contribution in [3.8, 4) is 0 Å². The fourth-order valence-corrected chi connectivity index (χ4v) is 6.64. The normalized spacial score (nSPS) is 19.0. The average Bonchev–Trinajstić information content (AvgIpc) is 3.41. The molecule has 0 saturated carbocycles. The van der Waals surface area contributed by atoms with Crippen LogP contribution in [0.5, 0.6) is 0 Å². The van der Waals surface area contributed by atoms with Crippen LogP contribution in [0.4, 0.5) is 5.13 Å². The summed E-state index contributed by atoms with van der Waals surface area (Å²) in [4.78, 5) is 48.8. The SMILES string of the molecule is C=CCON=C(C(=O)NC1C(=O)N2C(C(=O)O)=C(C[n+]3ccccc3)CS[C@H]12)c1nsc(NP(=O)(OC)OC)n1. The monoisotopic (exact) mass is 610 g/mol. The van der Waals surface area contributed by atoms with Crippen molar-refractivity contribution in [3.63, 3.8) is 0 Å². The predicted molar refractivity (Wildman–Crippen MR) is 144 cm³/mol. The number of amides is 2. The number of anilines is 1. The van der Waals surface area contributed by atoms with Gasteiger partial charge in [-0.1, -0.05) is 23.9 Å². The molecule has 40 heavy (non-hydrogen) atoms. The Labute approximate surface area is 236 Å². The maximum Gasteiger partial charge on any atom is 0.434 e. The van der Waals surface area contributed by atoms with Gasteiger partial charge in [0.25, 0.3) is 11.8 Å². The van der Waals surface area contributed by atoms with Crippen molar-refractivity contribution >= 4 is 59.7 Å². The van der Waals surface area contributed by atoms with Gasteiger partial charge < -0.3 is 15.3 Å². The number of aliphatic carboxylic acids is 1. The molecule has 2 aliphatic heterocycles. The van der Waals surface area contributed by atoms with Crippen LogP contribution in [-0.4, -0.2) is 80.9 Å². The van der Waals surface area contributed by atoms with E-state index >= 15 is 0 Å². The zero-order valence-corrected chi connectivity index (χ0v) is 23.8. The Bertz CT molecular complexity index is 1410. The molecule has 2 aromatic heterocycles. The molecule has 2 aliphatic rings. The maximum absolute atomic E-state index is 13.2. The minimum absolute atomic E-state index is 0.0139. The summed E-state index contributed by atoms with van der Waals surface area (Å²) in [5.41, 5.74) is 0.105. The molecule has 2 atom stereocenters. The summed E-state index contributed by atoms with van der Waals surface area (Å²) in [5, 5.41) is 18.1. The first-order valence-corrected chi connectivity index (χ1v) is 14.9. The van der Waals surface area contributed by atoms with E-state index in [2.05, 4.69) is 31.5 Å². The molecule has 4 rings (SSSR count). The largest absolute Gasteiger partial charge is 0.477 e. The van der Waals surface area contributed by atoms with Gasteiger partial charge in [0, 0.05) is 49.2 Å². The summed E-state index contributed by atoms with van der Waals surface area (Å²) in [5.74, 6) is -2.48. The van der Waals surface area contributed by atoms with Gasteiger partial charge in [0.15, 0.2) is 18.9 Å². The van der Waals surface area contributed by atoms with E-state index < -0.39 is 36.9 Å². The number of fused-ring (bicyclic) bond motifs is 1. The highest BCUT2D eigenvalue weighted by atomic mass is 32.2. The first-order valence-electron chi connectivity index (χ1n) is 11.5. The summed E-state index contributed by atoms with van der Waals surface area (Å²) in [7, 11) is -1.33. The number of thioether (sulfide) groups is 1. The Hall–Kier alpha value is -3.63. The molecule has 0 aromatic carbocycles. The third-order valence-electron chi connectivity index (χ3n) is 5.60. The quantitative estimate of drug-likeness (QED) is 0.0556. The molecular weight excluding hydrogens is 585 g/mol. The lowest BCUT2D eigenvalue weighted by Gasteiger charge is -2.49. The molecule has 2 amide bonds. The lowest BCUT2D eigenvalue weighted by molar-refractivity contribution is -0.689. The van der Waals surface area contributed by atoms with Crippen molar-refractivity contribution < 1.29 is 42.5 Å². The van der Waals surface area contributed by atoms with Gasteiger partial charge in [0.1, 0.15) is 23.7 Å². The van der Waals surface area contributed by atoms with Crippen molar-refractivity contribution in [2.24, 2.45) is 5.16 Å². The molecule has 4 heterocycles. The Morgan fingerprint density at radius 2 is 2.05 bits per heavy atom. The molecular formula is C22H25N7O8PS2+. The fraction of sp³-hybridized carbons (Fsp3) is 0.318. The summed E-state index contributed by atoms with van der Waals surface area (Å²) in [6, 6.07) is 4.46. The number of carboxylic acid groups (broad SMARTS) is 1. The maximum atomic E-state index is 13.2. The number of aromatic nitrogens is 3. The standard InChI is InChI=1S/C22H24N7O8PS2/c1-4-10-37-25-14(17-24-22(40-27-17)26-38(34,35-2)36-3)18(30)23-15-19(31)29-16(21(32)33)13(12-39-20(15)29)11-28-8-6-5-7-9-28/h4-9,15,20H,1,10-12H2,2-3H3,(H2-,23,24,26,27,30,32,33,34)/p+1/t15?,20-/m1/s1. The number of carbonyl (C=O) groups excluding carboxylic acids is 2. The third kappa shape index (κ3) is 6.23. The molecule has 0 aliphatic carbocycles. The summed E-state index contributed by atoms with van der Waals surface area (Å²) >= 11 is 2.09. The Morgan fingerprint density at radius 1 is 1.32 bits per heavy atom. The molecule has 18 heteroatoms. The zero-order valence-electron chi connectivity index (χ0n) is 21.3. The van der Waals surface area contributed by atoms with Crippen LogP contribution < -0.4 is 15.0 Å². The molecule has 1 saturated heterocycles. The number of carbonyl (C=O) groups is 3. The Balaban J connectivity index is 1.52. The van der Waals surface area contributed by atoms with Crippen molar-refractivity contribution in [2.45, 2.75) is 18.0 Å². The van der Waals surface area contributed by atoms with Crippen molar-refractivity contribution in [1.29, 1.82) is 0 Å². The summed E-state index contributed by atoms with van der Waals surface area (Å²) in [6.07, 6.45) is 5.01. The second-order valence-corrected chi connectivity index (χ2v) is 11.9. The van der Waals surface area contributed by atoms with Gasteiger partial charge in [0.2, 0.25) is 16.7 Å². The van der Waals surface area contributed by atoms with E-state index in [1.54, 1.807) is 12.4 Å². The fourth-order valence-electron chi connectivity index (χ4n) is 3.76. The minimum Gasteiger partial charge on any atom is -0.477 e. The highest BCUT2D eigenvalue weighted by Crippen LogP contribution is 2.46. The van der Waals surface area contributed by atoms with Crippen LogP contribution in [0.1, 0.15) is 5.82 Å². The third-order valence-corrected chi connectivity index (χ3v) is 9.17. The number of β-lactam (4-membered cyclic amide) rings is 1. The van der Waals surface area contributed by atoms with E-state index in [0.717, 1.165) is 11.5 Å². The van der Waals surface area contributed by atoms with Crippen LogP contribution in [0.2, 0.25) is 0 Å². The highest BCUT2D eigenvalue weighted by Gasteiger charge is 2.55. The van der Waals surface area contributed by atoms with Crippen molar-refractivity contribution in [3.05, 3.63) is 60.3 Å². The topological polar surface area (TPSA) is 186 Å². The van der Waals surface area contributed by atoms with Gasteiger partial charge in [-0.05, 0) is 0 Å².